The van der Waals surface area contributed by atoms with E-state index in [1.54, 1.807) is 0 Å². The molecule has 0 fully saturated rings. The normalized spacial score (nSPS) is 14.8. The van der Waals surface area contributed by atoms with Crippen LogP contribution < -0.4 is 4.90 Å². The van der Waals surface area contributed by atoms with Crippen LogP contribution in [0.3, 0.4) is 0 Å². The van der Waals surface area contributed by atoms with E-state index in [4.69, 9.17) is 0 Å². The van der Waals surface area contributed by atoms with Crippen molar-refractivity contribution in [3.05, 3.63) is 23.3 Å². The Balaban J connectivity index is 2.55. The van der Waals surface area contributed by atoms with Gasteiger partial charge in [0.2, 0.25) is 0 Å². The van der Waals surface area contributed by atoms with Crippen LogP contribution in [0.15, 0.2) is 12.1 Å². The van der Waals surface area contributed by atoms with Crippen molar-refractivity contribution in [3.63, 3.8) is 0 Å². The van der Waals surface area contributed by atoms with Gasteiger partial charge >= 0.3 is 0 Å². The first-order chi connectivity index (χ1) is 7.13. The third-order valence-electron chi connectivity index (χ3n) is 3.17. The highest BCUT2D eigenvalue weighted by molar-refractivity contribution is 5.66. The summed E-state index contributed by atoms with van der Waals surface area (Å²) in [5, 5.41) is 9.67. The van der Waals surface area contributed by atoms with Crippen molar-refractivity contribution in [2.45, 2.75) is 33.1 Å². The maximum atomic E-state index is 9.67. The molecule has 1 N–H and O–H groups in total. The SMILES string of the molecule is CCN1CCc2cc(O)cc(C(C)C)c21. The third kappa shape index (κ3) is 1.69. The molecule has 1 aromatic carbocycles. The molecular formula is C13H19NO. The molecule has 2 heteroatoms. The lowest BCUT2D eigenvalue weighted by molar-refractivity contribution is 0.473. The molecule has 0 aromatic heterocycles. The number of phenolic OH excluding ortho intramolecular Hbond substituents is 1. The third-order valence-corrected chi connectivity index (χ3v) is 3.17. The fraction of sp³-hybridized carbons (Fsp3) is 0.538. The van der Waals surface area contributed by atoms with Gasteiger partial charge in [-0.05, 0) is 42.5 Å². The zero-order valence-electron chi connectivity index (χ0n) is 9.75. The van der Waals surface area contributed by atoms with Gasteiger partial charge in [0.15, 0.2) is 0 Å². The average molecular weight is 205 g/mol. The highest BCUT2D eigenvalue weighted by Gasteiger charge is 2.23. The first-order valence-corrected chi connectivity index (χ1v) is 5.74. The summed E-state index contributed by atoms with van der Waals surface area (Å²) in [5.74, 6) is 0.883. The molecule has 0 radical (unpaired) electrons. The largest absolute Gasteiger partial charge is 0.508 e. The summed E-state index contributed by atoms with van der Waals surface area (Å²) in [5.41, 5.74) is 3.95. The molecule has 0 amide bonds. The van der Waals surface area contributed by atoms with E-state index in [1.807, 2.05) is 12.1 Å². The maximum Gasteiger partial charge on any atom is 0.116 e. The molecule has 0 atom stereocenters. The number of fused-ring (bicyclic) bond motifs is 1. The van der Waals surface area contributed by atoms with E-state index in [0.717, 1.165) is 19.5 Å². The molecule has 0 bridgehead atoms. The molecule has 2 rings (SSSR count). The van der Waals surface area contributed by atoms with Crippen molar-refractivity contribution in [3.8, 4) is 5.75 Å². The quantitative estimate of drug-likeness (QED) is 0.802. The highest BCUT2D eigenvalue weighted by Crippen LogP contribution is 2.38. The smallest absolute Gasteiger partial charge is 0.116 e. The summed E-state index contributed by atoms with van der Waals surface area (Å²) in [6.45, 7) is 8.70. The Morgan fingerprint density at radius 2 is 2.13 bits per heavy atom. The summed E-state index contributed by atoms with van der Waals surface area (Å²) in [6, 6.07) is 3.83. The predicted octanol–water partition coefficient (Wildman–Crippen LogP) is 2.90. The zero-order chi connectivity index (χ0) is 11.0. The van der Waals surface area contributed by atoms with E-state index >= 15 is 0 Å². The van der Waals surface area contributed by atoms with E-state index in [1.165, 1.54) is 16.8 Å². The Morgan fingerprint density at radius 1 is 1.40 bits per heavy atom. The second-order valence-corrected chi connectivity index (χ2v) is 4.53. The first kappa shape index (κ1) is 10.3. The van der Waals surface area contributed by atoms with Gasteiger partial charge in [0.05, 0.1) is 0 Å². The Hall–Kier alpha value is -1.18. The number of nitrogens with zero attached hydrogens (tertiary/aromatic N) is 1. The number of likely N-dealkylation sites (N-methyl/N-ethyl adjacent to an activating group) is 1. The molecule has 82 valence electrons. The lowest BCUT2D eigenvalue weighted by Gasteiger charge is -2.22. The van der Waals surface area contributed by atoms with Gasteiger partial charge in [-0.3, -0.25) is 0 Å². The molecule has 0 aliphatic carbocycles. The second kappa shape index (κ2) is 3.76. The predicted molar refractivity (Wildman–Crippen MR) is 63.8 cm³/mol. The van der Waals surface area contributed by atoms with Crippen LogP contribution in [0.2, 0.25) is 0 Å². The van der Waals surface area contributed by atoms with Gasteiger partial charge in [0.25, 0.3) is 0 Å². The van der Waals surface area contributed by atoms with Gasteiger partial charge in [0.1, 0.15) is 5.75 Å². The number of phenols is 1. The van der Waals surface area contributed by atoms with Crippen LogP contribution in [0.4, 0.5) is 5.69 Å². The van der Waals surface area contributed by atoms with Crippen molar-refractivity contribution >= 4 is 5.69 Å². The molecule has 1 aromatic rings. The average Bonchev–Trinajstić information content (AvgIpc) is 2.58. The Bertz CT molecular complexity index is 371. The minimum absolute atomic E-state index is 0.412. The van der Waals surface area contributed by atoms with Gasteiger partial charge in [-0.1, -0.05) is 13.8 Å². The summed E-state index contributed by atoms with van der Waals surface area (Å²) >= 11 is 0. The van der Waals surface area contributed by atoms with E-state index in [0.29, 0.717) is 11.7 Å². The van der Waals surface area contributed by atoms with Crippen molar-refractivity contribution in [1.29, 1.82) is 0 Å². The second-order valence-electron chi connectivity index (χ2n) is 4.53. The van der Waals surface area contributed by atoms with Crippen molar-refractivity contribution in [2.24, 2.45) is 0 Å². The van der Waals surface area contributed by atoms with Crippen LogP contribution in [0.25, 0.3) is 0 Å². The number of anilines is 1. The minimum atomic E-state index is 0.412. The molecule has 1 aliphatic rings. The van der Waals surface area contributed by atoms with Crippen LogP contribution in [0, 0.1) is 0 Å². The maximum absolute atomic E-state index is 9.67. The standard InChI is InChI=1S/C13H19NO/c1-4-14-6-5-10-7-11(15)8-12(9(2)3)13(10)14/h7-9,15H,4-6H2,1-3H3. The number of hydrogen-bond acceptors (Lipinski definition) is 2. The topological polar surface area (TPSA) is 23.5 Å². The highest BCUT2D eigenvalue weighted by atomic mass is 16.3. The van der Waals surface area contributed by atoms with Crippen LogP contribution in [-0.2, 0) is 6.42 Å². The van der Waals surface area contributed by atoms with Gasteiger partial charge < -0.3 is 10.0 Å². The van der Waals surface area contributed by atoms with Gasteiger partial charge in [-0.15, -0.1) is 0 Å². The van der Waals surface area contributed by atoms with Crippen LogP contribution in [-0.4, -0.2) is 18.2 Å². The fourth-order valence-electron chi connectivity index (χ4n) is 2.40. The lowest BCUT2D eigenvalue weighted by atomic mass is 9.97. The molecule has 0 saturated heterocycles. The summed E-state index contributed by atoms with van der Waals surface area (Å²) < 4.78 is 0. The number of aromatic hydroxyl groups is 1. The molecule has 1 heterocycles. The lowest BCUT2D eigenvalue weighted by Crippen LogP contribution is -2.20. The van der Waals surface area contributed by atoms with Crippen LogP contribution in [0.5, 0.6) is 5.75 Å². The van der Waals surface area contributed by atoms with Crippen molar-refractivity contribution in [2.75, 3.05) is 18.0 Å². The van der Waals surface area contributed by atoms with Gasteiger partial charge in [0, 0.05) is 18.8 Å². The minimum Gasteiger partial charge on any atom is -0.508 e. The Morgan fingerprint density at radius 3 is 2.73 bits per heavy atom. The van der Waals surface area contributed by atoms with E-state index in [-0.39, 0.29) is 0 Å². The van der Waals surface area contributed by atoms with Crippen molar-refractivity contribution in [1.82, 2.24) is 0 Å². The fourth-order valence-corrected chi connectivity index (χ4v) is 2.40. The molecule has 15 heavy (non-hydrogen) atoms. The molecule has 0 saturated carbocycles. The van der Waals surface area contributed by atoms with Crippen LogP contribution in [0.1, 0.15) is 37.8 Å². The summed E-state index contributed by atoms with van der Waals surface area (Å²) in [4.78, 5) is 2.41. The van der Waals surface area contributed by atoms with Gasteiger partial charge in [-0.2, -0.15) is 0 Å². The van der Waals surface area contributed by atoms with E-state index in [9.17, 15) is 5.11 Å². The van der Waals surface area contributed by atoms with Crippen LogP contribution >= 0.6 is 0 Å². The Kier molecular flexibility index (Phi) is 2.59. The number of benzene rings is 1. The number of rotatable bonds is 2. The van der Waals surface area contributed by atoms with E-state index in [2.05, 4.69) is 25.7 Å². The molecule has 0 unspecified atom stereocenters. The van der Waals surface area contributed by atoms with E-state index < -0.39 is 0 Å². The first-order valence-electron chi connectivity index (χ1n) is 5.74. The van der Waals surface area contributed by atoms with Gasteiger partial charge in [-0.25, -0.2) is 0 Å². The molecule has 1 aliphatic heterocycles. The zero-order valence-corrected chi connectivity index (χ0v) is 9.75. The summed E-state index contributed by atoms with van der Waals surface area (Å²) in [7, 11) is 0. The summed E-state index contributed by atoms with van der Waals surface area (Å²) in [6.07, 6.45) is 1.07. The molecule has 0 spiro atoms. The monoisotopic (exact) mass is 205 g/mol. The van der Waals surface area contributed by atoms with Crippen molar-refractivity contribution < 1.29 is 5.11 Å². The molecule has 2 nitrogen and oxygen atoms in total. The Labute approximate surface area is 91.5 Å². The molecular weight excluding hydrogens is 186 g/mol. The number of hydrogen-bond donors (Lipinski definition) is 1.